The molecular formula is C12H14N2S. The number of nitrogens with two attached hydrogens (primary N) is 1. The van der Waals surface area contributed by atoms with E-state index in [0.717, 1.165) is 24.3 Å². The Morgan fingerprint density at radius 3 is 2.60 bits per heavy atom. The average molecular weight is 218 g/mol. The lowest BCUT2D eigenvalue weighted by atomic mass is 10.1. The van der Waals surface area contributed by atoms with Gasteiger partial charge < -0.3 is 5.73 Å². The van der Waals surface area contributed by atoms with Crippen LogP contribution in [0.25, 0.3) is 0 Å². The Hall–Kier alpha value is -1.35. The van der Waals surface area contributed by atoms with Gasteiger partial charge in [0, 0.05) is 5.38 Å². The van der Waals surface area contributed by atoms with Crippen LogP contribution in [0.2, 0.25) is 0 Å². The number of aromatic nitrogens is 1. The number of nitrogens with zero attached hydrogens (tertiary/aromatic N) is 1. The predicted octanol–water partition coefficient (Wildman–Crippen LogP) is 2.90. The highest BCUT2D eigenvalue weighted by Gasteiger charge is 1.99. The normalized spacial score (nSPS) is 10.4. The van der Waals surface area contributed by atoms with Crippen LogP contribution < -0.4 is 5.73 Å². The molecule has 0 bridgehead atoms. The summed E-state index contributed by atoms with van der Waals surface area (Å²) in [6.07, 6.45) is 3.27. The van der Waals surface area contributed by atoms with E-state index >= 15 is 0 Å². The van der Waals surface area contributed by atoms with Crippen molar-refractivity contribution in [3.05, 3.63) is 46.3 Å². The number of hydrogen-bond donors (Lipinski definition) is 1. The molecule has 2 N–H and O–H groups in total. The molecule has 1 heterocycles. The molecule has 0 fully saturated rings. The van der Waals surface area contributed by atoms with Gasteiger partial charge in [-0.1, -0.05) is 30.3 Å². The molecule has 1 aromatic carbocycles. The molecular weight excluding hydrogens is 204 g/mol. The first kappa shape index (κ1) is 10.2. The van der Waals surface area contributed by atoms with Crippen LogP contribution in [-0.2, 0) is 12.8 Å². The summed E-state index contributed by atoms with van der Waals surface area (Å²) in [6.45, 7) is 0. The van der Waals surface area contributed by atoms with Gasteiger partial charge >= 0.3 is 0 Å². The summed E-state index contributed by atoms with van der Waals surface area (Å²) in [6, 6.07) is 10.5. The van der Waals surface area contributed by atoms with E-state index in [4.69, 9.17) is 5.73 Å². The highest BCUT2D eigenvalue weighted by atomic mass is 32.1. The predicted molar refractivity (Wildman–Crippen MR) is 65.0 cm³/mol. The van der Waals surface area contributed by atoms with Gasteiger partial charge in [0.25, 0.3) is 0 Å². The van der Waals surface area contributed by atoms with Gasteiger partial charge in [-0.25, -0.2) is 4.98 Å². The maximum Gasteiger partial charge on any atom is 0.134 e. The van der Waals surface area contributed by atoms with Crippen LogP contribution in [0.3, 0.4) is 0 Å². The fourth-order valence-corrected chi connectivity index (χ4v) is 2.26. The Bertz CT molecular complexity index is 409. The molecule has 0 aliphatic heterocycles. The zero-order valence-corrected chi connectivity index (χ0v) is 9.33. The van der Waals surface area contributed by atoms with Crippen LogP contribution >= 0.6 is 11.3 Å². The van der Waals surface area contributed by atoms with Crippen molar-refractivity contribution in [3.63, 3.8) is 0 Å². The van der Waals surface area contributed by atoms with E-state index in [0.29, 0.717) is 5.82 Å². The van der Waals surface area contributed by atoms with Gasteiger partial charge in [0.05, 0.1) is 5.01 Å². The third-order valence-corrected chi connectivity index (χ3v) is 3.20. The number of hydrogen-bond acceptors (Lipinski definition) is 3. The second-order valence-electron chi connectivity index (χ2n) is 3.51. The molecule has 3 heteroatoms. The molecule has 0 atom stereocenters. The first-order chi connectivity index (χ1) is 7.34. The SMILES string of the molecule is Nc1csc(CCCc2ccccc2)n1. The van der Waals surface area contributed by atoms with E-state index in [1.807, 2.05) is 11.4 Å². The fraction of sp³-hybridized carbons (Fsp3) is 0.250. The minimum absolute atomic E-state index is 0.648. The molecule has 2 nitrogen and oxygen atoms in total. The van der Waals surface area contributed by atoms with Gasteiger partial charge in [-0.15, -0.1) is 11.3 Å². The van der Waals surface area contributed by atoms with Crippen LogP contribution in [0.5, 0.6) is 0 Å². The quantitative estimate of drug-likeness (QED) is 0.857. The van der Waals surface area contributed by atoms with Crippen LogP contribution in [-0.4, -0.2) is 4.98 Å². The number of aryl methyl sites for hydroxylation is 2. The highest BCUT2D eigenvalue weighted by molar-refractivity contribution is 7.10. The lowest BCUT2D eigenvalue weighted by Crippen LogP contribution is -1.90. The second-order valence-corrected chi connectivity index (χ2v) is 4.45. The van der Waals surface area contributed by atoms with Crippen LogP contribution in [0.4, 0.5) is 5.82 Å². The summed E-state index contributed by atoms with van der Waals surface area (Å²) >= 11 is 1.65. The Kier molecular flexibility index (Phi) is 3.35. The van der Waals surface area contributed by atoms with Crippen molar-refractivity contribution in [2.24, 2.45) is 0 Å². The minimum atomic E-state index is 0.648. The fourth-order valence-electron chi connectivity index (χ4n) is 1.53. The van der Waals surface area contributed by atoms with Gasteiger partial charge in [0.15, 0.2) is 0 Å². The lowest BCUT2D eigenvalue weighted by molar-refractivity contribution is 0.815. The smallest absolute Gasteiger partial charge is 0.134 e. The van der Waals surface area contributed by atoms with Gasteiger partial charge in [0.1, 0.15) is 5.82 Å². The molecule has 0 amide bonds. The molecule has 0 radical (unpaired) electrons. The van der Waals surface area contributed by atoms with E-state index in [1.165, 1.54) is 5.56 Å². The second kappa shape index (κ2) is 4.94. The molecule has 2 aromatic rings. The largest absolute Gasteiger partial charge is 0.383 e. The number of anilines is 1. The molecule has 0 spiro atoms. The Morgan fingerprint density at radius 1 is 1.13 bits per heavy atom. The van der Waals surface area contributed by atoms with Gasteiger partial charge in [-0.3, -0.25) is 0 Å². The van der Waals surface area contributed by atoms with Gasteiger partial charge in [0.2, 0.25) is 0 Å². The molecule has 0 saturated carbocycles. The van der Waals surface area contributed by atoms with Crippen LogP contribution in [0, 0.1) is 0 Å². The van der Waals surface area contributed by atoms with Crippen molar-refractivity contribution >= 4 is 17.2 Å². The van der Waals surface area contributed by atoms with Crippen molar-refractivity contribution in [3.8, 4) is 0 Å². The minimum Gasteiger partial charge on any atom is -0.383 e. The van der Waals surface area contributed by atoms with Gasteiger partial charge in [-0.2, -0.15) is 0 Å². The highest BCUT2D eigenvalue weighted by Crippen LogP contribution is 2.14. The van der Waals surface area contributed by atoms with Crippen LogP contribution in [0.1, 0.15) is 17.0 Å². The van der Waals surface area contributed by atoms with E-state index in [9.17, 15) is 0 Å². The monoisotopic (exact) mass is 218 g/mol. The third kappa shape index (κ3) is 3.06. The van der Waals surface area contributed by atoms with E-state index in [1.54, 1.807) is 11.3 Å². The average Bonchev–Trinajstić information content (AvgIpc) is 2.66. The summed E-state index contributed by atoms with van der Waals surface area (Å²) in [7, 11) is 0. The number of thiazole rings is 1. The summed E-state index contributed by atoms with van der Waals surface area (Å²) in [5, 5.41) is 3.04. The van der Waals surface area contributed by atoms with Crippen molar-refractivity contribution in [1.82, 2.24) is 4.98 Å². The number of rotatable bonds is 4. The third-order valence-electron chi connectivity index (χ3n) is 2.27. The molecule has 1 aromatic heterocycles. The Labute approximate surface area is 93.8 Å². The van der Waals surface area contributed by atoms with E-state index in [2.05, 4.69) is 29.2 Å². The summed E-state index contributed by atoms with van der Waals surface area (Å²) in [5.74, 6) is 0.648. The Morgan fingerprint density at radius 2 is 1.93 bits per heavy atom. The lowest BCUT2D eigenvalue weighted by Gasteiger charge is -1.98. The first-order valence-electron chi connectivity index (χ1n) is 5.08. The van der Waals surface area contributed by atoms with E-state index in [-0.39, 0.29) is 0 Å². The zero-order chi connectivity index (χ0) is 10.5. The molecule has 0 aliphatic rings. The number of nitrogen functional groups attached to an aromatic ring is 1. The summed E-state index contributed by atoms with van der Waals surface area (Å²) < 4.78 is 0. The van der Waals surface area contributed by atoms with Crippen molar-refractivity contribution in [1.29, 1.82) is 0 Å². The molecule has 2 rings (SSSR count). The summed E-state index contributed by atoms with van der Waals surface area (Å²) in [5.41, 5.74) is 6.95. The maximum absolute atomic E-state index is 5.56. The molecule has 78 valence electrons. The number of benzene rings is 1. The molecule has 15 heavy (non-hydrogen) atoms. The zero-order valence-electron chi connectivity index (χ0n) is 8.52. The van der Waals surface area contributed by atoms with Crippen molar-refractivity contribution in [2.75, 3.05) is 5.73 Å². The molecule has 0 aliphatic carbocycles. The molecule has 0 unspecified atom stereocenters. The standard InChI is InChI=1S/C12H14N2S/c13-11-9-15-12(14-11)8-4-7-10-5-2-1-3-6-10/h1-3,5-6,9H,4,7-8,13H2. The van der Waals surface area contributed by atoms with Crippen molar-refractivity contribution in [2.45, 2.75) is 19.3 Å². The van der Waals surface area contributed by atoms with Crippen molar-refractivity contribution < 1.29 is 0 Å². The Balaban J connectivity index is 1.80. The summed E-state index contributed by atoms with van der Waals surface area (Å²) in [4.78, 5) is 4.24. The maximum atomic E-state index is 5.56. The molecule has 0 saturated heterocycles. The van der Waals surface area contributed by atoms with Gasteiger partial charge in [-0.05, 0) is 24.8 Å². The van der Waals surface area contributed by atoms with E-state index < -0.39 is 0 Å². The van der Waals surface area contributed by atoms with Crippen LogP contribution in [0.15, 0.2) is 35.7 Å². The topological polar surface area (TPSA) is 38.9 Å². The first-order valence-corrected chi connectivity index (χ1v) is 5.96.